The standard InChI is InChI=1S/C17H22N4OS/c1-12-7-14(5-6-18-12)3-4-15-9-21(10-15)11-16-8-19-17(23-16)20-13(2)22/h5-8,15H,3-4,9-11H2,1-2H3,(H,19,20,22). The maximum atomic E-state index is 11.0. The second-order valence-corrected chi connectivity index (χ2v) is 7.33. The molecule has 0 spiro atoms. The molecule has 1 amide bonds. The number of aromatic nitrogens is 2. The lowest BCUT2D eigenvalue weighted by molar-refractivity contribution is -0.114. The van der Waals surface area contributed by atoms with Gasteiger partial charge in [-0.15, -0.1) is 11.3 Å². The van der Waals surface area contributed by atoms with Crippen LogP contribution in [0.5, 0.6) is 0 Å². The smallest absolute Gasteiger partial charge is 0.223 e. The number of carbonyl (C=O) groups is 1. The summed E-state index contributed by atoms with van der Waals surface area (Å²) in [4.78, 5) is 23.1. The largest absolute Gasteiger partial charge is 0.302 e. The van der Waals surface area contributed by atoms with E-state index in [4.69, 9.17) is 0 Å². The van der Waals surface area contributed by atoms with Crippen LogP contribution in [0.15, 0.2) is 24.5 Å². The molecule has 1 N–H and O–H groups in total. The number of nitrogens with one attached hydrogen (secondary N) is 1. The summed E-state index contributed by atoms with van der Waals surface area (Å²) in [6.07, 6.45) is 6.13. The van der Waals surface area contributed by atoms with Crippen LogP contribution in [0.25, 0.3) is 0 Å². The first kappa shape index (κ1) is 16.1. The van der Waals surface area contributed by atoms with Crippen molar-refractivity contribution in [1.29, 1.82) is 0 Å². The van der Waals surface area contributed by atoms with Gasteiger partial charge in [-0.05, 0) is 43.4 Å². The number of anilines is 1. The van der Waals surface area contributed by atoms with Crippen LogP contribution in [0.2, 0.25) is 0 Å². The molecule has 3 rings (SSSR count). The third kappa shape index (κ3) is 4.59. The molecule has 0 aromatic carbocycles. The molecule has 5 nitrogen and oxygen atoms in total. The lowest BCUT2D eigenvalue weighted by atomic mass is 9.92. The van der Waals surface area contributed by atoms with Gasteiger partial charge in [0, 0.05) is 49.5 Å². The molecule has 0 bridgehead atoms. The van der Waals surface area contributed by atoms with Crippen LogP contribution in [0.4, 0.5) is 5.13 Å². The molecule has 1 aliphatic rings. The van der Waals surface area contributed by atoms with Crippen LogP contribution in [-0.4, -0.2) is 33.9 Å². The lowest BCUT2D eigenvalue weighted by Gasteiger charge is -2.39. The van der Waals surface area contributed by atoms with E-state index in [1.54, 1.807) is 11.3 Å². The van der Waals surface area contributed by atoms with Gasteiger partial charge in [-0.2, -0.15) is 0 Å². The second kappa shape index (κ2) is 7.19. The van der Waals surface area contributed by atoms with Gasteiger partial charge in [0.15, 0.2) is 5.13 Å². The molecule has 23 heavy (non-hydrogen) atoms. The van der Waals surface area contributed by atoms with Crippen molar-refractivity contribution in [3.8, 4) is 0 Å². The summed E-state index contributed by atoms with van der Waals surface area (Å²) < 4.78 is 0. The van der Waals surface area contributed by atoms with Gasteiger partial charge in [0.05, 0.1) is 0 Å². The molecule has 0 radical (unpaired) electrons. The Kier molecular flexibility index (Phi) is 5.03. The third-order valence-electron chi connectivity index (χ3n) is 4.05. The van der Waals surface area contributed by atoms with Gasteiger partial charge in [0.25, 0.3) is 0 Å². The Balaban J connectivity index is 1.39. The molecule has 3 heterocycles. The maximum Gasteiger partial charge on any atom is 0.223 e. The van der Waals surface area contributed by atoms with E-state index >= 15 is 0 Å². The Morgan fingerprint density at radius 3 is 3.00 bits per heavy atom. The molecule has 0 atom stereocenters. The quantitative estimate of drug-likeness (QED) is 0.885. The molecule has 2 aromatic heterocycles. The molecular weight excluding hydrogens is 308 g/mol. The fourth-order valence-corrected chi connectivity index (χ4v) is 3.83. The minimum atomic E-state index is -0.0683. The summed E-state index contributed by atoms with van der Waals surface area (Å²) in [6, 6.07) is 4.29. The molecule has 2 aromatic rings. The SMILES string of the molecule is CC(=O)Nc1ncc(CN2CC(CCc3ccnc(C)c3)C2)s1. The van der Waals surface area contributed by atoms with Crippen LogP contribution < -0.4 is 5.32 Å². The Morgan fingerprint density at radius 2 is 2.26 bits per heavy atom. The van der Waals surface area contributed by atoms with Gasteiger partial charge in [0.2, 0.25) is 5.91 Å². The summed E-state index contributed by atoms with van der Waals surface area (Å²) in [7, 11) is 0. The summed E-state index contributed by atoms with van der Waals surface area (Å²) in [5.41, 5.74) is 2.48. The molecular formula is C17H22N4OS. The van der Waals surface area contributed by atoms with E-state index < -0.39 is 0 Å². The average molecular weight is 330 g/mol. The van der Waals surface area contributed by atoms with Crippen molar-refractivity contribution in [1.82, 2.24) is 14.9 Å². The average Bonchev–Trinajstić information content (AvgIpc) is 2.87. The fourth-order valence-electron chi connectivity index (χ4n) is 2.93. The van der Waals surface area contributed by atoms with Crippen molar-refractivity contribution in [2.45, 2.75) is 33.2 Å². The Labute approximate surface area is 140 Å². The first-order chi connectivity index (χ1) is 11.1. The Hall–Kier alpha value is -1.79. The molecule has 1 saturated heterocycles. The van der Waals surface area contributed by atoms with Crippen LogP contribution in [-0.2, 0) is 17.8 Å². The van der Waals surface area contributed by atoms with E-state index in [9.17, 15) is 4.79 Å². The normalized spacial score (nSPS) is 15.4. The maximum absolute atomic E-state index is 11.0. The first-order valence-electron chi connectivity index (χ1n) is 7.94. The minimum absolute atomic E-state index is 0.0683. The van der Waals surface area contributed by atoms with E-state index in [1.807, 2.05) is 19.3 Å². The Morgan fingerprint density at radius 1 is 1.43 bits per heavy atom. The third-order valence-corrected chi connectivity index (χ3v) is 4.95. The Bertz CT molecular complexity index is 679. The number of amides is 1. The van der Waals surface area contributed by atoms with E-state index in [1.165, 1.54) is 23.8 Å². The molecule has 1 fully saturated rings. The molecule has 1 aliphatic heterocycles. The van der Waals surface area contributed by atoms with Gasteiger partial charge < -0.3 is 5.32 Å². The van der Waals surface area contributed by atoms with Crippen molar-refractivity contribution in [2.75, 3.05) is 18.4 Å². The highest BCUT2D eigenvalue weighted by Crippen LogP contribution is 2.26. The number of hydrogen-bond acceptors (Lipinski definition) is 5. The minimum Gasteiger partial charge on any atom is -0.302 e. The highest BCUT2D eigenvalue weighted by atomic mass is 32.1. The molecule has 0 unspecified atom stereocenters. The van der Waals surface area contributed by atoms with Crippen molar-refractivity contribution >= 4 is 22.4 Å². The van der Waals surface area contributed by atoms with E-state index in [2.05, 4.69) is 32.3 Å². The molecule has 0 aliphatic carbocycles. The number of likely N-dealkylation sites (tertiary alicyclic amines) is 1. The van der Waals surface area contributed by atoms with Gasteiger partial charge >= 0.3 is 0 Å². The second-order valence-electron chi connectivity index (χ2n) is 6.22. The van der Waals surface area contributed by atoms with Gasteiger partial charge in [-0.25, -0.2) is 4.98 Å². The first-order valence-corrected chi connectivity index (χ1v) is 8.76. The van der Waals surface area contributed by atoms with Crippen LogP contribution >= 0.6 is 11.3 Å². The van der Waals surface area contributed by atoms with E-state index in [0.29, 0.717) is 5.13 Å². The summed E-state index contributed by atoms with van der Waals surface area (Å²) in [5, 5.41) is 3.42. The number of aryl methyl sites for hydroxylation is 2. The van der Waals surface area contributed by atoms with Crippen LogP contribution in [0.1, 0.15) is 29.5 Å². The predicted molar refractivity (Wildman–Crippen MR) is 92.5 cm³/mol. The van der Waals surface area contributed by atoms with Crippen LogP contribution in [0.3, 0.4) is 0 Å². The van der Waals surface area contributed by atoms with Gasteiger partial charge in [-0.1, -0.05) is 0 Å². The highest BCUT2D eigenvalue weighted by Gasteiger charge is 2.26. The zero-order valence-corrected chi connectivity index (χ0v) is 14.4. The summed E-state index contributed by atoms with van der Waals surface area (Å²) in [6.45, 7) is 6.78. The number of pyridine rings is 1. The number of hydrogen-bond donors (Lipinski definition) is 1. The predicted octanol–water partition coefficient (Wildman–Crippen LogP) is 2.87. The zero-order valence-electron chi connectivity index (χ0n) is 13.6. The van der Waals surface area contributed by atoms with Crippen molar-refractivity contribution < 1.29 is 4.79 Å². The number of nitrogens with zero attached hydrogens (tertiary/aromatic N) is 3. The highest BCUT2D eigenvalue weighted by molar-refractivity contribution is 7.15. The van der Waals surface area contributed by atoms with Crippen molar-refractivity contribution in [2.24, 2.45) is 5.92 Å². The van der Waals surface area contributed by atoms with Crippen molar-refractivity contribution in [3.05, 3.63) is 40.7 Å². The fraction of sp³-hybridized carbons (Fsp3) is 0.471. The zero-order chi connectivity index (χ0) is 16.2. The molecule has 0 saturated carbocycles. The van der Waals surface area contributed by atoms with E-state index in [-0.39, 0.29) is 5.91 Å². The topological polar surface area (TPSA) is 58.1 Å². The number of thiazole rings is 1. The van der Waals surface area contributed by atoms with Crippen LogP contribution in [0, 0.1) is 12.8 Å². The van der Waals surface area contributed by atoms with Gasteiger partial charge in [0.1, 0.15) is 0 Å². The molecule has 122 valence electrons. The van der Waals surface area contributed by atoms with Gasteiger partial charge in [-0.3, -0.25) is 14.7 Å². The molecule has 6 heteroatoms. The van der Waals surface area contributed by atoms with Crippen molar-refractivity contribution in [3.63, 3.8) is 0 Å². The monoisotopic (exact) mass is 330 g/mol. The van der Waals surface area contributed by atoms with E-state index in [0.717, 1.165) is 37.7 Å². The lowest BCUT2D eigenvalue weighted by Crippen LogP contribution is -2.45. The summed E-state index contributed by atoms with van der Waals surface area (Å²) >= 11 is 1.56. The number of rotatable bonds is 6. The number of carbonyl (C=O) groups excluding carboxylic acids is 1. The summed E-state index contributed by atoms with van der Waals surface area (Å²) in [5.74, 6) is 0.715.